The molecule has 0 heterocycles. The third-order valence-electron chi connectivity index (χ3n) is 3.32. The molecule has 3 heteroatoms. The van der Waals surface area contributed by atoms with E-state index in [1.807, 2.05) is 0 Å². The lowest BCUT2D eigenvalue weighted by Gasteiger charge is -2.15. The van der Waals surface area contributed by atoms with E-state index in [4.69, 9.17) is 10.6 Å². The maximum absolute atomic E-state index is 5.30. The Morgan fingerprint density at radius 2 is 2.19 bits per heavy atom. The Kier molecular flexibility index (Phi) is 3.59. The molecule has 0 spiro atoms. The molecule has 0 radical (unpaired) electrons. The van der Waals surface area contributed by atoms with E-state index in [0.717, 1.165) is 13.0 Å². The highest BCUT2D eigenvalue weighted by Gasteiger charge is 2.44. The SMILES string of the molecule is COCC1(c2cccc(CCON)c2)CC1. The van der Waals surface area contributed by atoms with E-state index < -0.39 is 0 Å². The molecule has 88 valence electrons. The van der Waals surface area contributed by atoms with Crippen LogP contribution in [0.5, 0.6) is 0 Å². The van der Waals surface area contributed by atoms with Crippen LogP contribution in [-0.2, 0) is 21.4 Å². The molecule has 0 unspecified atom stereocenters. The minimum Gasteiger partial charge on any atom is -0.384 e. The molecule has 2 N–H and O–H groups in total. The lowest BCUT2D eigenvalue weighted by atomic mass is 9.94. The Morgan fingerprint density at radius 1 is 1.38 bits per heavy atom. The first kappa shape index (κ1) is 11.6. The molecule has 16 heavy (non-hydrogen) atoms. The standard InChI is InChI=1S/C13H19NO2/c1-15-10-13(6-7-13)12-4-2-3-11(9-12)5-8-16-14/h2-4,9H,5-8,10,14H2,1H3. The van der Waals surface area contributed by atoms with Gasteiger partial charge in [-0.3, -0.25) is 0 Å². The van der Waals surface area contributed by atoms with Gasteiger partial charge in [-0.05, 0) is 30.4 Å². The summed E-state index contributed by atoms with van der Waals surface area (Å²) in [4.78, 5) is 4.61. The van der Waals surface area contributed by atoms with Gasteiger partial charge in [0.1, 0.15) is 0 Å². The molecule has 0 amide bonds. The Balaban J connectivity index is 2.10. The third kappa shape index (κ3) is 2.43. The van der Waals surface area contributed by atoms with E-state index >= 15 is 0 Å². The van der Waals surface area contributed by atoms with E-state index in [0.29, 0.717) is 6.61 Å². The van der Waals surface area contributed by atoms with Crippen LogP contribution in [-0.4, -0.2) is 20.3 Å². The highest BCUT2D eigenvalue weighted by Crippen LogP contribution is 2.48. The fraction of sp³-hybridized carbons (Fsp3) is 0.538. The summed E-state index contributed by atoms with van der Waals surface area (Å²) in [6, 6.07) is 8.67. The summed E-state index contributed by atoms with van der Waals surface area (Å²) in [5.74, 6) is 5.04. The van der Waals surface area contributed by atoms with Crippen molar-refractivity contribution in [2.24, 2.45) is 5.90 Å². The van der Waals surface area contributed by atoms with Gasteiger partial charge in [0.25, 0.3) is 0 Å². The van der Waals surface area contributed by atoms with Crippen LogP contribution in [0.3, 0.4) is 0 Å². The largest absolute Gasteiger partial charge is 0.384 e. The Morgan fingerprint density at radius 3 is 2.81 bits per heavy atom. The predicted molar refractivity (Wildman–Crippen MR) is 63.1 cm³/mol. The van der Waals surface area contributed by atoms with Crippen molar-refractivity contribution < 1.29 is 9.57 Å². The molecular formula is C13H19NO2. The van der Waals surface area contributed by atoms with Crippen molar-refractivity contribution in [2.75, 3.05) is 20.3 Å². The fourth-order valence-electron chi connectivity index (χ4n) is 2.18. The Labute approximate surface area is 96.5 Å². The second-order valence-corrected chi connectivity index (χ2v) is 4.53. The fourth-order valence-corrected chi connectivity index (χ4v) is 2.18. The van der Waals surface area contributed by atoms with E-state index in [9.17, 15) is 0 Å². The molecule has 0 saturated heterocycles. The molecule has 1 saturated carbocycles. The maximum atomic E-state index is 5.30. The molecule has 0 aromatic heterocycles. The lowest BCUT2D eigenvalue weighted by molar-refractivity contribution is 0.141. The highest BCUT2D eigenvalue weighted by atomic mass is 16.6. The number of ether oxygens (including phenoxy) is 1. The molecular weight excluding hydrogens is 202 g/mol. The molecule has 0 atom stereocenters. The second kappa shape index (κ2) is 4.95. The number of rotatable bonds is 6. The molecule has 3 nitrogen and oxygen atoms in total. The van der Waals surface area contributed by atoms with Crippen LogP contribution in [0.25, 0.3) is 0 Å². The van der Waals surface area contributed by atoms with Crippen LogP contribution in [0.2, 0.25) is 0 Å². The van der Waals surface area contributed by atoms with Gasteiger partial charge in [0.05, 0.1) is 13.2 Å². The average molecular weight is 221 g/mol. The van der Waals surface area contributed by atoms with E-state index in [2.05, 4.69) is 29.1 Å². The van der Waals surface area contributed by atoms with Gasteiger partial charge in [0.2, 0.25) is 0 Å². The molecule has 0 bridgehead atoms. The Bertz CT molecular complexity index is 348. The zero-order valence-electron chi connectivity index (χ0n) is 9.74. The lowest BCUT2D eigenvalue weighted by Crippen LogP contribution is -2.14. The minimum absolute atomic E-state index is 0.286. The molecule has 1 fully saturated rings. The van der Waals surface area contributed by atoms with Crippen LogP contribution in [0.15, 0.2) is 24.3 Å². The van der Waals surface area contributed by atoms with Crippen molar-refractivity contribution in [1.29, 1.82) is 0 Å². The van der Waals surface area contributed by atoms with Gasteiger partial charge in [-0.15, -0.1) is 0 Å². The van der Waals surface area contributed by atoms with Crippen molar-refractivity contribution in [2.45, 2.75) is 24.7 Å². The highest BCUT2D eigenvalue weighted by molar-refractivity contribution is 5.35. The van der Waals surface area contributed by atoms with E-state index in [-0.39, 0.29) is 5.41 Å². The zero-order valence-corrected chi connectivity index (χ0v) is 9.74. The van der Waals surface area contributed by atoms with Gasteiger partial charge in [0.15, 0.2) is 0 Å². The summed E-state index contributed by atoms with van der Waals surface area (Å²) < 4.78 is 5.30. The molecule has 1 aromatic rings. The summed E-state index contributed by atoms with van der Waals surface area (Å²) >= 11 is 0. The number of hydrogen-bond donors (Lipinski definition) is 1. The summed E-state index contributed by atoms with van der Waals surface area (Å²) in [5.41, 5.74) is 2.96. The van der Waals surface area contributed by atoms with E-state index in [1.54, 1.807) is 7.11 Å². The summed E-state index contributed by atoms with van der Waals surface area (Å²) in [6.45, 7) is 1.39. The number of benzene rings is 1. The van der Waals surface area contributed by atoms with Crippen molar-refractivity contribution in [3.05, 3.63) is 35.4 Å². The zero-order chi connectivity index (χ0) is 11.4. The number of methoxy groups -OCH3 is 1. The first-order valence-electron chi connectivity index (χ1n) is 5.71. The quantitative estimate of drug-likeness (QED) is 0.745. The van der Waals surface area contributed by atoms with Crippen LogP contribution in [0, 0.1) is 0 Å². The summed E-state index contributed by atoms with van der Waals surface area (Å²) in [5, 5.41) is 0. The van der Waals surface area contributed by atoms with Crippen LogP contribution >= 0.6 is 0 Å². The van der Waals surface area contributed by atoms with E-state index in [1.165, 1.54) is 24.0 Å². The van der Waals surface area contributed by atoms with Crippen molar-refractivity contribution in [3.63, 3.8) is 0 Å². The third-order valence-corrected chi connectivity index (χ3v) is 3.32. The van der Waals surface area contributed by atoms with Crippen LogP contribution in [0.4, 0.5) is 0 Å². The minimum atomic E-state index is 0.286. The first-order valence-corrected chi connectivity index (χ1v) is 5.71. The van der Waals surface area contributed by atoms with Gasteiger partial charge < -0.3 is 9.57 Å². The maximum Gasteiger partial charge on any atom is 0.0719 e. The Hall–Kier alpha value is -0.900. The smallest absolute Gasteiger partial charge is 0.0719 e. The van der Waals surface area contributed by atoms with Crippen molar-refractivity contribution in [1.82, 2.24) is 0 Å². The predicted octanol–water partition coefficient (Wildman–Crippen LogP) is 1.80. The molecule has 1 aromatic carbocycles. The van der Waals surface area contributed by atoms with Gasteiger partial charge in [0, 0.05) is 12.5 Å². The molecule has 1 aliphatic carbocycles. The molecule has 0 aliphatic heterocycles. The topological polar surface area (TPSA) is 44.5 Å². The summed E-state index contributed by atoms with van der Waals surface area (Å²) in [6.07, 6.45) is 3.34. The van der Waals surface area contributed by atoms with Crippen LogP contribution in [0.1, 0.15) is 24.0 Å². The molecule has 1 aliphatic rings. The number of hydrogen-bond acceptors (Lipinski definition) is 3. The van der Waals surface area contributed by atoms with Crippen molar-refractivity contribution in [3.8, 4) is 0 Å². The average Bonchev–Trinajstić information content (AvgIpc) is 3.08. The van der Waals surface area contributed by atoms with Crippen molar-refractivity contribution >= 4 is 0 Å². The van der Waals surface area contributed by atoms with Gasteiger partial charge in [-0.1, -0.05) is 24.3 Å². The summed E-state index contributed by atoms with van der Waals surface area (Å²) in [7, 11) is 1.77. The monoisotopic (exact) mass is 221 g/mol. The normalized spacial score (nSPS) is 17.4. The second-order valence-electron chi connectivity index (χ2n) is 4.53. The number of nitrogens with two attached hydrogens (primary N) is 1. The molecule has 2 rings (SSSR count). The van der Waals surface area contributed by atoms with Crippen LogP contribution < -0.4 is 5.90 Å². The van der Waals surface area contributed by atoms with Gasteiger partial charge in [-0.25, -0.2) is 5.90 Å². The van der Waals surface area contributed by atoms with Gasteiger partial charge in [-0.2, -0.15) is 0 Å². The van der Waals surface area contributed by atoms with Gasteiger partial charge >= 0.3 is 0 Å². The first-order chi connectivity index (χ1) is 7.80.